The molecule has 0 aliphatic carbocycles. The van der Waals surface area contributed by atoms with Gasteiger partial charge in [0.05, 0.1) is 26.9 Å². The number of anilines is 1. The van der Waals surface area contributed by atoms with Crippen LogP contribution >= 0.6 is 0 Å². The van der Waals surface area contributed by atoms with Gasteiger partial charge in [-0.25, -0.2) is 0 Å². The lowest BCUT2D eigenvalue weighted by Gasteiger charge is -2.12. The Balaban J connectivity index is 1.68. The van der Waals surface area contributed by atoms with Crippen molar-refractivity contribution in [2.45, 2.75) is 6.18 Å². The lowest BCUT2D eigenvalue weighted by Crippen LogP contribution is -2.05. The number of benzene rings is 3. The summed E-state index contributed by atoms with van der Waals surface area (Å²) in [5.74, 6) is 1.19. The molecule has 0 spiro atoms. The van der Waals surface area contributed by atoms with E-state index in [1.807, 2.05) is 48.6 Å². The average Bonchev–Trinajstić information content (AvgIpc) is 2.86. The van der Waals surface area contributed by atoms with Crippen LogP contribution in [0.4, 0.5) is 18.9 Å². The Labute approximate surface area is 201 Å². The highest BCUT2D eigenvalue weighted by molar-refractivity contribution is 6.04. The summed E-state index contributed by atoms with van der Waals surface area (Å²) in [5, 5.41) is 3.00. The summed E-state index contributed by atoms with van der Waals surface area (Å²) < 4.78 is 54.1. The second kappa shape index (κ2) is 11.3. The number of hydrogen-bond acceptors (Lipinski definition) is 5. The van der Waals surface area contributed by atoms with Gasteiger partial charge in [-0.2, -0.15) is 13.2 Å². The Kier molecular flexibility index (Phi) is 8.20. The van der Waals surface area contributed by atoms with Crippen LogP contribution in [0, 0.1) is 0 Å². The summed E-state index contributed by atoms with van der Waals surface area (Å²) in [6.07, 6.45) is 2.07. The molecule has 0 aliphatic rings. The molecule has 0 amide bonds. The van der Waals surface area contributed by atoms with Gasteiger partial charge < -0.3 is 19.5 Å². The van der Waals surface area contributed by atoms with Gasteiger partial charge in [-0.3, -0.25) is 4.79 Å². The molecule has 1 N–H and O–H groups in total. The van der Waals surface area contributed by atoms with Gasteiger partial charge in [0, 0.05) is 23.5 Å². The fourth-order valence-corrected chi connectivity index (χ4v) is 3.26. The third-order valence-corrected chi connectivity index (χ3v) is 5.02. The van der Waals surface area contributed by atoms with Gasteiger partial charge in [-0.1, -0.05) is 36.4 Å². The SMILES string of the molecule is COc1cc(/C=C/c2cccc(N/C=C\C(=O)c3ccc(C(F)(F)F)cc3)c2)cc(OC)c1OC. The molecule has 0 atom stereocenters. The monoisotopic (exact) mass is 483 g/mol. The van der Waals surface area contributed by atoms with Gasteiger partial charge in [0.1, 0.15) is 0 Å². The van der Waals surface area contributed by atoms with E-state index < -0.39 is 17.5 Å². The number of ketones is 1. The van der Waals surface area contributed by atoms with E-state index in [1.54, 1.807) is 21.3 Å². The van der Waals surface area contributed by atoms with Crippen LogP contribution in [0.1, 0.15) is 27.0 Å². The number of halogens is 3. The van der Waals surface area contributed by atoms with Crippen LogP contribution in [-0.2, 0) is 6.18 Å². The summed E-state index contributed by atoms with van der Waals surface area (Å²) in [4.78, 5) is 12.2. The second-order valence-electron chi connectivity index (χ2n) is 7.33. The molecule has 0 unspecified atom stereocenters. The van der Waals surface area contributed by atoms with Crippen molar-refractivity contribution in [1.29, 1.82) is 0 Å². The minimum Gasteiger partial charge on any atom is -0.493 e. The fraction of sp³-hybridized carbons (Fsp3) is 0.148. The zero-order valence-electron chi connectivity index (χ0n) is 19.3. The van der Waals surface area contributed by atoms with Gasteiger partial charge in [0.25, 0.3) is 0 Å². The first kappa shape index (κ1) is 25.4. The molecule has 0 bridgehead atoms. The smallest absolute Gasteiger partial charge is 0.416 e. The summed E-state index contributed by atoms with van der Waals surface area (Å²) in [6.45, 7) is 0. The summed E-state index contributed by atoms with van der Waals surface area (Å²) in [7, 11) is 4.64. The molecule has 3 aromatic carbocycles. The number of carbonyl (C=O) groups excluding carboxylic acids is 1. The lowest BCUT2D eigenvalue weighted by molar-refractivity contribution is -0.137. The summed E-state index contributed by atoms with van der Waals surface area (Å²) >= 11 is 0. The molecule has 3 aromatic rings. The first-order valence-electron chi connectivity index (χ1n) is 10.5. The van der Waals surface area contributed by atoms with Gasteiger partial charge in [-0.15, -0.1) is 0 Å². The van der Waals surface area contributed by atoms with Crippen molar-refractivity contribution in [2.24, 2.45) is 0 Å². The van der Waals surface area contributed by atoms with Crippen LogP contribution in [0.15, 0.2) is 72.9 Å². The van der Waals surface area contributed by atoms with Crippen LogP contribution in [0.3, 0.4) is 0 Å². The predicted molar refractivity (Wildman–Crippen MR) is 130 cm³/mol. The molecule has 5 nitrogen and oxygen atoms in total. The minimum atomic E-state index is -4.44. The highest BCUT2D eigenvalue weighted by Gasteiger charge is 2.30. The Morgan fingerprint density at radius 2 is 1.46 bits per heavy atom. The van der Waals surface area contributed by atoms with E-state index in [-0.39, 0.29) is 5.56 Å². The normalized spacial score (nSPS) is 11.6. The van der Waals surface area contributed by atoms with E-state index in [0.29, 0.717) is 17.2 Å². The van der Waals surface area contributed by atoms with Crippen LogP contribution in [0.2, 0.25) is 0 Å². The fourth-order valence-electron chi connectivity index (χ4n) is 3.26. The van der Waals surface area contributed by atoms with E-state index in [2.05, 4.69) is 5.32 Å². The van der Waals surface area contributed by atoms with Crippen LogP contribution < -0.4 is 19.5 Å². The lowest BCUT2D eigenvalue weighted by atomic mass is 10.1. The topological polar surface area (TPSA) is 56.8 Å². The first-order chi connectivity index (χ1) is 16.7. The Bertz CT molecular complexity index is 1210. The number of allylic oxidation sites excluding steroid dienone is 1. The van der Waals surface area contributed by atoms with Crippen molar-refractivity contribution in [1.82, 2.24) is 0 Å². The van der Waals surface area contributed by atoms with Crippen molar-refractivity contribution in [2.75, 3.05) is 26.6 Å². The summed E-state index contributed by atoms with van der Waals surface area (Å²) in [6, 6.07) is 15.2. The van der Waals surface area contributed by atoms with Crippen molar-refractivity contribution < 1.29 is 32.2 Å². The maximum absolute atomic E-state index is 12.7. The van der Waals surface area contributed by atoms with E-state index in [4.69, 9.17) is 14.2 Å². The molecule has 0 radical (unpaired) electrons. The van der Waals surface area contributed by atoms with E-state index >= 15 is 0 Å². The second-order valence-corrected chi connectivity index (χ2v) is 7.33. The molecule has 0 heterocycles. The zero-order valence-corrected chi connectivity index (χ0v) is 19.3. The molecule has 35 heavy (non-hydrogen) atoms. The van der Waals surface area contributed by atoms with Crippen molar-refractivity contribution in [3.63, 3.8) is 0 Å². The predicted octanol–water partition coefficient (Wildman–Crippen LogP) is 6.71. The third-order valence-electron chi connectivity index (χ3n) is 5.02. The van der Waals surface area contributed by atoms with Gasteiger partial charge in [0.2, 0.25) is 5.75 Å². The summed E-state index contributed by atoms with van der Waals surface area (Å²) in [5.41, 5.74) is 1.84. The highest BCUT2D eigenvalue weighted by atomic mass is 19.4. The Morgan fingerprint density at radius 1 is 0.829 bits per heavy atom. The minimum absolute atomic E-state index is 0.165. The zero-order chi connectivity index (χ0) is 25.4. The van der Waals surface area contributed by atoms with Crippen LogP contribution in [0.25, 0.3) is 12.2 Å². The molecule has 3 rings (SSSR count). The molecule has 0 aromatic heterocycles. The molecular weight excluding hydrogens is 459 g/mol. The number of carbonyl (C=O) groups is 1. The molecular formula is C27H24F3NO4. The van der Waals surface area contributed by atoms with Gasteiger partial charge >= 0.3 is 6.18 Å². The average molecular weight is 483 g/mol. The number of ether oxygens (including phenoxy) is 3. The first-order valence-corrected chi connectivity index (χ1v) is 10.5. The molecule has 8 heteroatoms. The molecule has 182 valence electrons. The van der Waals surface area contributed by atoms with E-state index in [0.717, 1.165) is 41.1 Å². The number of alkyl halides is 3. The number of hydrogen-bond donors (Lipinski definition) is 1. The van der Waals surface area contributed by atoms with Crippen molar-refractivity contribution >= 4 is 23.6 Å². The van der Waals surface area contributed by atoms with E-state index in [9.17, 15) is 18.0 Å². The molecule has 0 aliphatic heterocycles. The molecule has 0 fully saturated rings. The van der Waals surface area contributed by atoms with Crippen LogP contribution in [-0.4, -0.2) is 27.1 Å². The molecule has 0 saturated carbocycles. The quantitative estimate of drug-likeness (QED) is 0.208. The maximum Gasteiger partial charge on any atom is 0.416 e. The highest BCUT2D eigenvalue weighted by Crippen LogP contribution is 2.38. The maximum atomic E-state index is 12.7. The number of nitrogens with one attached hydrogen (secondary N) is 1. The largest absolute Gasteiger partial charge is 0.493 e. The van der Waals surface area contributed by atoms with Crippen LogP contribution in [0.5, 0.6) is 17.2 Å². The van der Waals surface area contributed by atoms with Crippen molar-refractivity contribution in [3.8, 4) is 17.2 Å². The Hall–Kier alpha value is -4.20. The third kappa shape index (κ3) is 6.66. The molecule has 0 saturated heterocycles. The van der Waals surface area contributed by atoms with Gasteiger partial charge in [-0.05, 0) is 47.5 Å². The van der Waals surface area contributed by atoms with Gasteiger partial charge in [0.15, 0.2) is 17.3 Å². The Morgan fingerprint density at radius 3 is 2.03 bits per heavy atom. The standard InChI is InChI=1S/C27H24F3NO4/c1-33-24-16-19(17-25(34-2)26(24)35-3)8-7-18-5-4-6-22(15-18)31-14-13-23(32)20-9-11-21(12-10-20)27(28,29)30/h4-17,31H,1-3H3/b8-7+,14-13-. The number of rotatable bonds is 9. The van der Waals surface area contributed by atoms with E-state index in [1.165, 1.54) is 12.3 Å². The van der Waals surface area contributed by atoms with Crippen molar-refractivity contribution in [3.05, 3.63) is 95.2 Å². The number of methoxy groups -OCH3 is 3.